The van der Waals surface area contributed by atoms with Crippen LogP contribution >= 0.6 is 11.6 Å². The second kappa shape index (κ2) is 10.6. The Labute approximate surface area is 198 Å². The number of sulfonamides is 1. The molecule has 0 aromatic heterocycles. The first kappa shape index (κ1) is 24.4. The lowest BCUT2D eigenvalue weighted by atomic mass is 9.99. The first-order valence-electron chi connectivity index (χ1n) is 9.98. The molecule has 3 rings (SSSR count). The van der Waals surface area contributed by atoms with E-state index in [1.165, 1.54) is 26.2 Å². The molecule has 1 amide bonds. The van der Waals surface area contributed by atoms with Gasteiger partial charge in [-0.05, 0) is 29.3 Å². The monoisotopic (exact) mass is 486 g/mol. The van der Waals surface area contributed by atoms with Crippen molar-refractivity contribution < 1.29 is 22.7 Å². The van der Waals surface area contributed by atoms with Gasteiger partial charge in [0.25, 0.3) is 5.91 Å². The molecule has 0 aliphatic rings. The molecule has 0 unspecified atom stereocenters. The van der Waals surface area contributed by atoms with Gasteiger partial charge in [0.1, 0.15) is 0 Å². The molecule has 0 spiro atoms. The van der Waals surface area contributed by atoms with Gasteiger partial charge in [-0.15, -0.1) is 0 Å². The Morgan fingerprint density at radius 1 is 0.939 bits per heavy atom. The van der Waals surface area contributed by atoms with Crippen LogP contribution in [0, 0.1) is 0 Å². The van der Waals surface area contributed by atoms with Crippen LogP contribution in [0.15, 0.2) is 83.8 Å². The summed E-state index contributed by atoms with van der Waals surface area (Å²) in [6, 6.07) is 22.1. The van der Waals surface area contributed by atoms with Crippen molar-refractivity contribution in [1.29, 1.82) is 0 Å². The largest absolute Gasteiger partial charge is 0.452 e. The summed E-state index contributed by atoms with van der Waals surface area (Å²) in [4.78, 5) is 25.1. The summed E-state index contributed by atoms with van der Waals surface area (Å²) in [5, 5.41) is 2.89. The van der Waals surface area contributed by atoms with E-state index in [0.29, 0.717) is 0 Å². The minimum atomic E-state index is -3.77. The zero-order valence-corrected chi connectivity index (χ0v) is 19.6. The van der Waals surface area contributed by atoms with Gasteiger partial charge in [-0.3, -0.25) is 4.79 Å². The fourth-order valence-electron chi connectivity index (χ4n) is 3.09. The lowest BCUT2D eigenvalue weighted by molar-refractivity contribution is -0.124. The quantitative estimate of drug-likeness (QED) is 0.490. The first-order chi connectivity index (χ1) is 15.7. The predicted octanol–water partition coefficient (Wildman–Crippen LogP) is 3.65. The van der Waals surface area contributed by atoms with E-state index in [-0.39, 0.29) is 15.5 Å². The number of amides is 1. The molecule has 0 aliphatic carbocycles. The number of benzene rings is 3. The summed E-state index contributed by atoms with van der Waals surface area (Å²) in [5.41, 5.74) is 1.59. The van der Waals surface area contributed by atoms with Gasteiger partial charge in [0.05, 0.1) is 21.5 Å². The van der Waals surface area contributed by atoms with Gasteiger partial charge < -0.3 is 10.1 Å². The molecule has 0 heterocycles. The number of nitrogens with one attached hydrogen (secondary N) is 1. The fourth-order valence-corrected chi connectivity index (χ4v) is 4.22. The van der Waals surface area contributed by atoms with Crippen LogP contribution in [-0.4, -0.2) is 45.3 Å². The Hall–Kier alpha value is -3.20. The van der Waals surface area contributed by atoms with E-state index >= 15 is 0 Å². The van der Waals surface area contributed by atoms with E-state index in [2.05, 4.69) is 5.32 Å². The van der Waals surface area contributed by atoms with Crippen LogP contribution in [0.2, 0.25) is 5.02 Å². The van der Waals surface area contributed by atoms with Gasteiger partial charge in [-0.25, -0.2) is 17.5 Å². The number of nitrogens with zero attached hydrogens (tertiary/aromatic N) is 1. The summed E-state index contributed by atoms with van der Waals surface area (Å²) < 4.78 is 30.8. The second-order valence-electron chi connectivity index (χ2n) is 7.33. The molecule has 7 nitrogen and oxygen atoms in total. The predicted molar refractivity (Wildman–Crippen MR) is 125 cm³/mol. The SMILES string of the molecule is CN(C)S(=O)(=O)c1ccc(Cl)c(C(=O)OCC(=O)NC(c2ccccc2)c2ccccc2)c1. The maximum Gasteiger partial charge on any atom is 0.340 e. The minimum absolute atomic E-state index is 0.0181. The molecule has 3 aromatic carbocycles. The summed E-state index contributed by atoms with van der Waals surface area (Å²) in [6.07, 6.45) is 0. The van der Waals surface area contributed by atoms with Gasteiger partial charge in [0.15, 0.2) is 6.61 Å². The lowest BCUT2D eigenvalue weighted by Crippen LogP contribution is -2.33. The molecule has 0 saturated heterocycles. The number of carbonyl (C=O) groups is 2. The van der Waals surface area contributed by atoms with Gasteiger partial charge in [-0.2, -0.15) is 0 Å². The molecule has 33 heavy (non-hydrogen) atoms. The standard InChI is InChI=1S/C24H23ClN2O5S/c1-27(2)33(30,31)19-13-14-21(25)20(15-19)24(29)32-16-22(28)26-23(17-9-5-3-6-10-17)18-11-7-4-8-12-18/h3-15,23H,16H2,1-2H3,(H,26,28). The number of ether oxygens (including phenoxy) is 1. The van der Waals surface area contributed by atoms with E-state index in [4.69, 9.17) is 16.3 Å². The summed E-state index contributed by atoms with van der Waals surface area (Å²) in [5.74, 6) is -1.42. The van der Waals surface area contributed by atoms with Crippen LogP contribution in [0.25, 0.3) is 0 Å². The maximum atomic E-state index is 12.6. The molecule has 1 N–H and O–H groups in total. The molecule has 0 saturated carbocycles. The third kappa shape index (κ3) is 5.98. The highest BCUT2D eigenvalue weighted by atomic mass is 35.5. The molecule has 172 valence electrons. The zero-order valence-electron chi connectivity index (χ0n) is 18.1. The van der Waals surface area contributed by atoms with Crippen LogP contribution in [0.1, 0.15) is 27.5 Å². The van der Waals surface area contributed by atoms with Gasteiger partial charge in [-0.1, -0.05) is 72.3 Å². The molecular formula is C24H23ClN2O5S. The Balaban J connectivity index is 1.73. The topological polar surface area (TPSA) is 92.8 Å². The molecule has 0 bridgehead atoms. The Morgan fingerprint density at radius 2 is 1.48 bits per heavy atom. The average molecular weight is 487 g/mol. The summed E-state index contributed by atoms with van der Waals surface area (Å²) in [6.45, 7) is -0.560. The minimum Gasteiger partial charge on any atom is -0.452 e. The molecule has 0 atom stereocenters. The van der Waals surface area contributed by atoms with E-state index in [9.17, 15) is 18.0 Å². The average Bonchev–Trinajstić information content (AvgIpc) is 2.82. The Kier molecular flexibility index (Phi) is 7.86. The number of carbonyl (C=O) groups excluding carboxylic acids is 2. The number of esters is 1. The van der Waals surface area contributed by atoms with Gasteiger partial charge in [0.2, 0.25) is 10.0 Å². The van der Waals surface area contributed by atoms with E-state index in [0.717, 1.165) is 21.5 Å². The van der Waals surface area contributed by atoms with Crippen LogP contribution in [0.3, 0.4) is 0 Å². The van der Waals surface area contributed by atoms with Crippen molar-refractivity contribution in [3.8, 4) is 0 Å². The normalized spacial score (nSPS) is 11.4. The third-order valence-corrected chi connectivity index (χ3v) is 6.98. The highest BCUT2D eigenvalue weighted by Gasteiger charge is 2.23. The molecule has 0 radical (unpaired) electrons. The highest BCUT2D eigenvalue weighted by molar-refractivity contribution is 7.89. The van der Waals surface area contributed by atoms with Crippen molar-refractivity contribution in [3.05, 3.63) is 101 Å². The van der Waals surface area contributed by atoms with Crippen LogP contribution < -0.4 is 5.32 Å². The van der Waals surface area contributed by atoms with Crippen LogP contribution in [0.5, 0.6) is 0 Å². The number of halogens is 1. The van der Waals surface area contributed by atoms with Crippen molar-refractivity contribution in [2.75, 3.05) is 20.7 Å². The van der Waals surface area contributed by atoms with Crippen molar-refractivity contribution in [3.63, 3.8) is 0 Å². The second-order valence-corrected chi connectivity index (χ2v) is 9.89. The number of rotatable bonds is 8. The third-order valence-electron chi connectivity index (χ3n) is 4.84. The maximum absolute atomic E-state index is 12.6. The molecule has 3 aromatic rings. The zero-order chi connectivity index (χ0) is 24.0. The highest BCUT2D eigenvalue weighted by Crippen LogP contribution is 2.24. The number of hydrogen-bond acceptors (Lipinski definition) is 5. The number of hydrogen-bond donors (Lipinski definition) is 1. The summed E-state index contributed by atoms with van der Waals surface area (Å²) in [7, 11) is -1.02. The Morgan fingerprint density at radius 3 is 2.00 bits per heavy atom. The molecule has 9 heteroatoms. The van der Waals surface area contributed by atoms with Crippen molar-refractivity contribution >= 4 is 33.5 Å². The van der Waals surface area contributed by atoms with Crippen LogP contribution in [0.4, 0.5) is 0 Å². The van der Waals surface area contributed by atoms with Crippen molar-refractivity contribution in [2.24, 2.45) is 0 Å². The van der Waals surface area contributed by atoms with Crippen LogP contribution in [-0.2, 0) is 19.6 Å². The molecule has 0 fully saturated rings. The van der Waals surface area contributed by atoms with Gasteiger partial charge in [0, 0.05) is 14.1 Å². The van der Waals surface area contributed by atoms with E-state index in [1.807, 2.05) is 60.7 Å². The smallest absolute Gasteiger partial charge is 0.340 e. The van der Waals surface area contributed by atoms with E-state index < -0.39 is 34.5 Å². The van der Waals surface area contributed by atoms with Crippen molar-refractivity contribution in [1.82, 2.24) is 9.62 Å². The van der Waals surface area contributed by atoms with E-state index in [1.54, 1.807) is 0 Å². The van der Waals surface area contributed by atoms with Crippen molar-refractivity contribution in [2.45, 2.75) is 10.9 Å². The molecule has 0 aliphatic heterocycles. The summed E-state index contributed by atoms with van der Waals surface area (Å²) >= 11 is 6.07. The Bertz CT molecular complexity index is 1190. The first-order valence-corrected chi connectivity index (χ1v) is 11.8. The van der Waals surface area contributed by atoms with Gasteiger partial charge >= 0.3 is 5.97 Å². The fraction of sp³-hybridized carbons (Fsp3) is 0.167. The molecular weight excluding hydrogens is 464 g/mol. The lowest BCUT2D eigenvalue weighted by Gasteiger charge is -2.20.